The maximum absolute atomic E-state index is 13.0. The van der Waals surface area contributed by atoms with E-state index in [1.807, 2.05) is 18.2 Å². The molecule has 10 heteroatoms. The smallest absolute Gasteiger partial charge is 0.408 e. The Morgan fingerprint density at radius 3 is 2.52 bits per heavy atom. The van der Waals surface area contributed by atoms with Gasteiger partial charge in [0.1, 0.15) is 0 Å². The number of halogens is 1. The second-order valence-electron chi connectivity index (χ2n) is 7.14. The molecule has 1 saturated heterocycles. The molecule has 1 fully saturated rings. The number of aryl methyl sites for hydroxylation is 1. The Hall–Kier alpha value is -2.88. The summed E-state index contributed by atoms with van der Waals surface area (Å²) in [4.78, 5) is 25.8. The van der Waals surface area contributed by atoms with Crippen molar-refractivity contribution in [1.82, 2.24) is 13.8 Å². The number of carbonyl (C=O) groups is 1. The number of aromatic nitrogens is 1. The molecule has 3 aromatic rings. The van der Waals surface area contributed by atoms with Crippen LogP contribution >= 0.6 is 11.6 Å². The summed E-state index contributed by atoms with van der Waals surface area (Å²) in [6.45, 7) is 0.886. The fourth-order valence-corrected chi connectivity index (χ4v) is 5.09. The topological polar surface area (TPSA) is 92.8 Å². The third kappa shape index (κ3) is 4.16. The highest BCUT2D eigenvalue weighted by molar-refractivity contribution is 7.89. The third-order valence-corrected chi connectivity index (χ3v) is 7.50. The minimum atomic E-state index is -3.78. The van der Waals surface area contributed by atoms with Gasteiger partial charge in [-0.1, -0.05) is 29.8 Å². The van der Waals surface area contributed by atoms with E-state index in [0.29, 0.717) is 10.5 Å². The number of rotatable bonds is 4. The Morgan fingerprint density at radius 1 is 1.10 bits per heavy atom. The summed E-state index contributed by atoms with van der Waals surface area (Å²) < 4.78 is 33.8. The Bertz CT molecular complexity index is 1330. The summed E-state index contributed by atoms with van der Waals surface area (Å²) in [5, 5.41) is 0.550. The minimum absolute atomic E-state index is 0.0488. The number of hydrogen-bond acceptors (Lipinski definition) is 5. The highest BCUT2D eigenvalue weighted by Gasteiger charge is 2.30. The molecule has 2 aromatic carbocycles. The SMILES string of the molecule is Cn1c(=O)oc2cc(S(=O)(=O)N3CCN(C(=O)/C=C/c4ccccc4Cl)CC3)ccc21. The number of piperazine rings is 1. The maximum atomic E-state index is 13.0. The van der Waals surface area contributed by atoms with Gasteiger partial charge in [0.15, 0.2) is 5.58 Å². The Labute approximate surface area is 184 Å². The van der Waals surface area contributed by atoms with E-state index in [2.05, 4.69) is 0 Å². The van der Waals surface area contributed by atoms with Crippen molar-refractivity contribution in [2.24, 2.45) is 7.05 Å². The zero-order valence-electron chi connectivity index (χ0n) is 16.7. The first kappa shape index (κ1) is 21.4. The molecule has 0 radical (unpaired) electrons. The van der Waals surface area contributed by atoms with Crippen LogP contribution in [-0.4, -0.2) is 54.3 Å². The number of benzene rings is 2. The van der Waals surface area contributed by atoms with E-state index < -0.39 is 15.8 Å². The number of amides is 1. The quantitative estimate of drug-likeness (QED) is 0.556. The molecule has 4 rings (SSSR count). The van der Waals surface area contributed by atoms with Crippen molar-refractivity contribution in [3.63, 3.8) is 0 Å². The standard InChI is InChI=1S/C21H20ClN3O5S/c1-23-18-8-7-16(14-19(18)30-21(23)27)31(28,29)25-12-10-24(11-13-25)20(26)9-6-15-4-2-3-5-17(15)22/h2-9,14H,10-13H2,1H3/b9-6+. The number of nitrogens with zero attached hydrogens (tertiary/aromatic N) is 3. The summed E-state index contributed by atoms with van der Waals surface area (Å²) in [5.41, 5.74) is 1.47. The van der Waals surface area contributed by atoms with Crippen LogP contribution in [0.5, 0.6) is 0 Å². The van der Waals surface area contributed by atoms with E-state index in [-0.39, 0.29) is 42.6 Å². The van der Waals surface area contributed by atoms with Crippen molar-refractivity contribution in [1.29, 1.82) is 0 Å². The summed E-state index contributed by atoms with van der Waals surface area (Å²) in [5.74, 6) is -0.758. The van der Waals surface area contributed by atoms with E-state index in [1.54, 1.807) is 30.2 Å². The monoisotopic (exact) mass is 461 g/mol. The number of carbonyl (C=O) groups excluding carboxylic acids is 1. The van der Waals surface area contributed by atoms with Gasteiger partial charge in [-0.05, 0) is 29.8 Å². The molecule has 1 amide bonds. The van der Waals surface area contributed by atoms with E-state index in [9.17, 15) is 18.0 Å². The molecular formula is C21H20ClN3O5S. The molecule has 0 aliphatic carbocycles. The van der Waals surface area contributed by atoms with Crippen LogP contribution in [0.15, 0.2) is 62.6 Å². The van der Waals surface area contributed by atoms with Gasteiger partial charge in [-0.2, -0.15) is 4.31 Å². The van der Waals surface area contributed by atoms with E-state index >= 15 is 0 Å². The lowest BCUT2D eigenvalue weighted by atomic mass is 10.2. The van der Waals surface area contributed by atoms with E-state index in [1.165, 1.54) is 27.1 Å². The maximum Gasteiger partial charge on any atom is 0.419 e. The molecule has 0 unspecified atom stereocenters. The molecular weight excluding hydrogens is 442 g/mol. The van der Waals surface area contributed by atoms with Crippen LogP contribution in [0, 0.1) is 0 Å². The first-order valence-corrected chi connectivity index (χ1v) is 11.4. The molecule has 0 atom stereocenters. The Balaban J connectivity index is 1.44. The van der Waals surface area contributed by atoms with Crippen molar-refractivity contribution in [2.45, 2.75) is 4.90 Å². The van der Waals surface area contributed by atoms with Gasteiger partial charge in [0.2, 0.25) is 15.9 Å². The highest BCUT2D eigenvalue weighted by Crippen LogP contribution is 2.22. The number of sulfonamides is 1. The van der Waals surface area contributed by atoms with Crippen LogP contribution < -0.4 is 5.76 Å². The van der Waals surface area contributed by atoms with Gasteiger partial charge in [0, 0.05) is 50.4 Å². The van der Waals surface area contributed by atoms with Gasteiger partial charge < -0.3 is 9.32 Å². The Morgan fingerprint density at radius 2 is 1.81 bits per heavy atom. The normalized spacial score (nSPS) is 15.7. The lowest BCUT2D eigenvalue weighted by Gasteiger charge is -2.33. The van der Waals surface area contributed by atoms with Crippen molar-refractivity contribution >= 4 is 44.7 Å². The molecule has 162 valence electrons. The molecule has 1 aliphatic rings. The predicted molar refractivity (Wildman–Crippen MR) is 117 cm³/mol. The second kappa shape index (κ2) is 8.33. The van der Waals surface area contributed by atoms with Crippen LogP contribution in [0.4, 0.5) is 0 Å². The predicted octanol–water partition coefficient (Wildman–Crippen LogP) is 2.33. The van der Waals surface area contributed by atoms with E-state index in [0.717, 1.165) is 5.56 Å². The molecule has 1 aromatic heterocycles. The average molecular weight is 462 g/mol. The van der Waals surface area contributed by atoms with Gasteiger partial charge >= 0.3 is 5.76 Å². The van der Waals surface area contributed by atoms with E-state index in [4.69, 9.17) is 16.0 Å². The summed E-state index contributed by atoms with van der Waals surface area (Å²) in [7, 11) is -2.22. The molecule has 1 aliphatic heterocycles. The first-order valence-electron chi connectivity index (χ1n) is 9.58. The van der Waals surface area contributed by atoms with Crippen molar-refractivity contribution in [2.75, 3.05) is 26.2 Å². The fourth-order valence-electron chi connectivity index (χ4n) is 3.45. The van der Waals surface area contributed by atoms with Gasteiger partial charge in [-0.25, -0.2) is 13.2 Å². The summed E-state index contributed by atoms with van der Waals surface area (Å²) in [6.07, 6.45) is 3.09. The summed E-state index contributed by atoms with van der Waals surface area (Å²) >= 11 is 6.09. The molecule has 0 N–H and O–H groups in total. The average Bonchev–Trinajstić information content (AvgIpc) is 3.06. The van der Waals surface area contributed by atoms with Crippen LogP contribution in [0.3, 0.4) is 0 Å². The molecule has 0 saturated carbocycles. The zero-order valence-corrected chi connectivity index (χ0v) is 18.3. The second-order valence-corrected chi connectivity index (χ2v) is 9.49. The fraction of sp³-hybridized carbons (Fsp3) is 0.238. The third-order valence-electron chi connectivity index (χ3n) is 5.26. The highest BCUT2D eigenvalue weighted by atomic mass is 35.5. The lowest BCUT2D eigenvalue weighted by Crippen LogP contribution is -2.50. The molecule has 31 heavy (non-hydrogen) atoms. The first-order chi connectivity index (χ1) is 14.8. The van der Waals surface area contributed by atoms with Gasteiger partial charge in [0.05, 0.1) is 10.4 Å². The van der Waals surface area contributed by atoms with Crippen LogP contribution in [0.2, 0.25) is 5.02 Å². The Kier molecular flexibility index (Phi) is 5.74. The summed E-state index contributed by atoms with van der Waals surface area (Å²) in [6, 6.07) is 11.6. The number of oxazole rings is 1. The van der Waals surface area contributed by atoms with Crippen molar-refractivity contribution in [3.8, 4) is 0 Å². The largest absolute Gasteiger partial charge is 0.419 e. The number of fused-ring (bicyclic) bond motifs is 1. The zero-order chi connectivity index (χ0) is 22.2. The van der Waals surface area contributed by atoms with Crippen LogP contribution in [0.1, 0.15) is 5.56 Å². The molecule has 2 heterocycles. The molecule has 8 nitrogen and oxygen atoms in total. The van der Waals surface area contributed by atoms with Gasteiger partial charge in [-0.3, -0.25) is 9.36 Å². The van der Waals surface area contributed by atoms with Gasteiger partial charge in [-0.15, -0.1) is 0 Å². The number of hydrogen-bond donors (Lipinski definition) is 0. The van der Waals surface area contributed by atoms with Crippen molar-refractivity contribution in [3.05, 3.63) is 69.7 Å². The molecule has 0 bridgehead atoms. The molecule has 0 spiro atoms. The van der Waals surface area contributed by atoms with Crippen LogP contribution in [0.25, 0.3) is 17.2 Å². The van der Waals surface area contributed by atoms with Crippen molar-refractivity contribution < 1.29 is 17.6 Å². The van der Waals surface area contributed by atoms with Gasteiger partial charge in [0.25, 0.3) is 0 Å². The minimum Gasteiger partial charge on any atom is -0.408 e. The van der Waals surface area contributed by atoms with Crippen LogP contribution in [-0.2, 0) is 21.9 Å². The lowest BCUT2D eigenvalue weighted by molar-refractivity contribution is -0.127.